The van der Waals surface area contributed by atoms with Gasteiger partial charge in [0, 0.05) is 11.1 Å². The fraction of sp³-hybridized carbons (Fsp3) is 0.0769. The zero-order valence-corrected chi connectivity index (χ0v) is 11.9. The highest BCUT2D eigenvalue weighted by atomic mass is 32.2. The fourth-order valence-corrected chi connectivity index (χ4v) is 1.60. The SMILES string of the molecule is C=C.N#CNC(N)=NCc1ccc(/C(=C/N)SN)cc1. The minimum atomic E-state index is 0.0987. The molecule has 0 aromatic heterocycles. The highest BCUT2D eigenvalue weighted by Gasteiger charge is 2.00. The Labute approximate surface area is 123 Å². The predicted molar refractivity (Wildman–Crippen MR) is 85.7 cm³/mol. The number of nitriles is 1. The third-order valence-electron chi connectivity index (χ3n) is 2.13. The summed E-state index contributed by atoms with van der Waals surface area (Å²) in [5.74, 6) is 0.0987. The number of hydrogen-bond donors (Lipinski definition) is 4. The zero-order valence-electron chi connectivity index (χ0n) is 11.0. The molecule has 1 aromatic carbocycles. The largest absolute Gasteiger partial charge is 0.404 e. The molecular formula is C13H18N6S. The maximum absolute atomic E-state index is 8.33. The standard InChI is InChI=1S/C11H14N6S.C2H4/c12-5-10(18-15)9-3-1-8(2-4-9)6-16-11(14)17-7-13;1-2/h1-5H,6,12,15H2,(H3,14,16,17);1-2H2/b10-5-;. The lowest BCUT2D eigenvalue weighted by atomic mass is 10.1. The summed E-state index contributed by atoms with van der Waals surface area (Å²) in [5, 5.41) is 16.1. The van der Waals surface area contributed by atoms with Crippen LogP contribution in [0.25, 0.3) is 4.91 Å². The van der Waals surface area contributed by atoms with E-state index in [1.165, 1.54) is 6.20 Å². The van der Waals surface area contributed by atoms with Gasteiger partial charge in [-0.15, -0.1) is 13.2 Å². The fourth-order valence-electron chi connectivity index (χ4n) is 1.25. The van der Waals surface area contributed by atoms with Crippen LogP contribution in [-0.2, 0) is 6.54 Å². The highest BCUT2D eigenvalue weighted by Crippen LogP contribution is 2.22. The van der Waals surface area contributed by atoms with E-state index in [1.54, 1.807) is 6.19 Å². The van der Waals surface area contributed by atoms with Gasteiger partial charge in [0.15, 0.2) is 6.19 Å². The van der Waals surface area contributed by atoms with Gasteiger partial charge in [-0.3, -0.25) is 10.5 Å². The summed E-state index contributed by atoms with van der Waals surface area (Å²) in [6.07, 6.45) is 3.16. The van der Waals surface area contributed by atoms with E-state index in [1.807, 2.05) is 24.3 Å². The van der Waals surface area contributed by atoms with E-state index in [4.69, 9.17) is 21.9 Å². The monoisotopic (exact) mass is 290 g/mol. The van der Waals surface area contributed by atoms with E-state index >= 15 is 0 Å². The van der Waals surface area contributed by atoms with Crippen molar-refractivity contribution in [3.8, 4) is 6.19 Å². The molecule has 0 aliphatic heterocycles. The average molecular weight is 290 g/mol. The van der Waals surface area contributed by atoms with E-state index < -0.39 is 0 Å². The molecule has 0 fully saturated rings. The molecule has 0 amide bonds. The van der Waals surface area contributed by atoms with Gasteiger partial charge in [0.2, 0.25) is 5.96 Å². The Balaban J connectivity index is 0.00000172. The lowest BCUT2D eigenvalue weighted by molar-refractivity contribution is 1.03. The van der Waals surface area contributed by atoms with Crippen molar-refractivity contribution in [2.75, 3.05) is 0 Å². The minimum Gasteiger partial charge on any atom is -0.404 e. The van der Waals surface area contributed by atoms with E-state index in [9.17, 15) is 0 Å². The number of benzene rings is 1. The number of nitrogens with two attached hydrogens (primary N) is 3. The summed E-state index contributed by atoms with van der Waals surface area (Å²) < 4.78 is 0. The van der Waals surface area contributed by atoms with Crippen LogP contribution in [0, 0.1) is 11.5 Å². The van der Waals surface area contributed by atoms with Crippen molar-refractivity contribution in [2.24, 2.45) is 21.6 Å². The van der Waals surface area contributed by atoms with Crippen LogP contribution >= 0.6 is 11.9 Å². The van der Waals surface area contributed by atoms with Crippen molar-refractivity contribution >= 4 is 22.8 Å². The Bertz CT molecular complexity index is 501. The Morgan fingerprint density at radius 3 is 2.45 bits per heavy atom. The molecule has 1 aromatic rings. The van der Waals surface area contributed by atoms with Crippen LogP contribution in [0.15, 0.2) is 48.6 Å². The Morgan fingerprint density at radius 1 is 1.40 bits per heavy atom. The molecule has 0 bridgehead atoms. The number of aliphatic imine (C=N–C) groups is 1. The van der Waals surface area contributed by atoms with Crippen LogP contribution in [-0.4, -0.2) is 5.96 Å². The summed E-state index contributed by atoms with van der Waals surface area (Å²) in [4.78, 5) is 4.79. The first kappa shape index (κ1) is 17.6. The maximum Gasteiger partial charge on any atom is 0.202 e. The number of nitrogens with one attached hydrogen (secondary N) is 1. The van der Waals surface area contributed by atoms with E-state index in [2.05, 4.69) is 23.5 Å². The van der Waals surface area contributed by atoms with Gasteiger partial charge in [0.1, 0.15) is 0 Å². The average Bonchev–Trinajstić information content (AvgIpc) is 2.50. The quantitative estimate of drug-likeness (QED) is 0.165. The third-order valence-corrected chi connectivity index (χ3v) is 2.76. The van der Waals surface area contributed by atoms with Crippen LogP contribution in [0.1, 0.15) is 11.1 Å². The molecule has 0 saturated carbocycles. The molecule has 0 heterocycles. The maximum atomic E-state index is 8.33. The molecule has 7 N–H and O–H groups in total. The second kappa shape index (κ2) is 10.5. The summed E-state index contributed by atoms with van der Waals surface area (Å²) >= 11 is 1.10. The highest BCUT2D eigenvalue weighted by molar-refractivity contribution is 8.06. The van der Waals surface area contributed by atoms with Crippen LogP contribution in [0.4, 0.5) is 0 Å². The Hall–Kier alpha value is -2.43. The van der Waals surface area contributed by atoms with Gasteiger partial charge in [0.25, 0.3) is 0 Å². The van der Waals surface area contributed by atoms with E-state index in [0.29, 0.717) is 6.54 Å². The van der Waals surface area contributed by atoms with Gasteiger partial charge in [-0.05, 0) is 23.1 Å². The Morgan fingerprint density at radius 2 is 2.00 bits per heavy atom. The molecule has 0 aliphatic carbocycles. The van der Waals surface area contributed by atoms with Crippen LogP contribution in [0.3, 0.4) is 0 Å². The minimum absolute atomic E-state index is 0.0987. The molecule has 106 valence electrons. The first-order chi connectivity index (χ1) is 9.71. The topological polar surface area (TPSA) is 126 Å². The summed E-state index contributed by atoms with van der Waals surface area (Å²) in [6.45, 7) is 6.40. The number of nitrogens with zero attached hydrogens (tertiary/aromatic N) is 2. The molecule has 0 aliphatic rings. The van der Waals surface area contributed by atoms with Gasteiger partial charge < -0.3 is 11.5 Å². The lowest BCUT2D eigenvalue weighted by Crippen LogP contribution is -2.27. The summed E-state index contributed by atoms with van der Waals surface area (Å²) in [6, 6.07) is 7.60. The van der Waals surface area contributed by atoms with Crippen LogP contribution in [0.2, 0.25) is 0 Å². The van der Waals surface area contributed by atoms with Gasteiger partial charge >= 0.3 is 0 Å². The molecule has 20 heavy (non-hydrogen) atoms. The molecule has 7 heteroatoms. The first-order valence-corrected chi connectivity index (χ1v) is 6.42. The lowest BCUT2D eigenvalue weighted by Gasteiger charge is -2.04. The molecule has 6 nitrogen and oxygen atoms in total. The number of guanidine groups is 1. The van der Waals surface area contributed by atoms with Crippen molar-refractivity contribution in [3.05, 3.63) is 54.8 Å². The molecule has 0 saturated heterocycles. The Kier molecular flexibility index (Phi) is 9.21. The first-order valence-electron chi connectivity index (χ1n) is 5.54. The van der Waals surface area contributed by atoms with E-state index in [-0.39, 0.29) is 5.96 Å². The number of rotatable bonds is 4. The van der Waals surface area contributed by atoms with Gasteiger partial charge in [-0.25, -0.2) is 4.99 Å². The molecule has 0 spiro atoms. The van der Waals surface area contributed by atoms with Crippen molar-refractivity contribution in [1.29, 1.82) is 5.26 Å². The van der Waals surface area contributed by atoms with Crippen molar-refractivity contribution in [1.82, 2.24) is 5.32 Å². The molecular weight excluding hydrogens is 272 g/mol. The zero-order chi connectivity index (χ0) is 15.4. The molecule has 0 unspecified atom stereocenters. The van der Waals surface area contributed by atoms with Crippen molar-refractivity contribution < 1.29 is 0 Å². The summed E-state index contributed by atoms with van der Waals surface area (Å²) in [7, 11) is 0. The smallest absolute Gasteiger partial charge is 0.202 e. The second-order valence-corrected chi connectivity index (χ2v) is 3.96. The van der Waals surface area contributed by atoms with Crippen LogP contribution < -0.4 is 21.9 Å². The summed E-state index contributed by atoms with van der Waals surface area (Å²) in [5.41, 5.74) is 12.8. The molecule has 0 radical (unpaired) electrons. The normalized spacial score (nSPS) is 11.0. The van der Waals surface area contributed by atoms with E-state index in [0.717, 1.165) is 28.0 Å². The van der Waals surface area contributed by atoms with Gasteiger partial charge in [0.05, 0.1) is 6.54 Å². The molecule has 1 rings (SSSR count). The molecule has 0 atom stereocenters. The third kappa shape index (κ3) is 5.95. The van der Waals surface area contributed by atoms with Gasteiger partial charge in [-0.1, -0.05) is 24.3 Å². The number of hydrogen-bond acceptors (Lipinski definition) is 5. The van der Waals surface area contributed by atoms with Gasteiger partial charge in [-0.2, -0.15) is 5.26 Å². The van der Waals surface area contributed by atoms with Crippen LogP contribution in [0.5, 0.6) is 0 Å². The second-order valence-electron chi connectivity index (χ2n) is 3.28. The van der Waals surface area contributed by atoms with Crippen molar-refractivity contribution in [2.45, 2.75) is 6.54 Å². The van der Waals surface area contributed by atoms with Crippen molar-refractivity contribution in [3.63, 3.8) is 0 Å². The predicted octanol–water partition coefficient (Wildman–Crippen LogP) is 1.24.